The molecule has 1 heterocycles. The average molecular weight is 602 g/mol. The largest absolute Gasteiger partial charge is 0.487 e. The van der Waals surface area contributed by atoms with Crippen molar-refractivity contribution in [3.8, 4) is 5.75 Å². The summed E-state index contributed by atoms with van der Waals surface area (Å²) in [6, 6.07) is 17.8. The van der Waals surface area contributed by atoms with Gasteiger partial charge in [-0.1, -0.05) is 62.6 Å². The lowest BCUT2D eigenvalue weighted by Gasteiger charge is -2.38. The molecule has 2 aliphatic rings. The molecule has 10 heteroatoms. The van der Waals surface area contributed by atoms with Crippen molar-refractivity contribution in [1.82, 2.24) is 15.1 Å². The lowest BCUT2D eigenvalue weighted by molar-refractivity contribution is 0.0371. The van der Waals surface area contributed by atoms with Crippen molar-refractivity contribution in [2.45, 2.75) is 64.1 Å². The minimum Gasteiger partial charge on any atom is -0.487 e. The van der Waals surface area contributed by atoms with Crippen molar-refractivity contribution in [2.75, 3.05) is 37.4 Å². The van der Waals surface area contributed by atoms with Crippen molar-refractivity contribution in [3.63, 3.8) is 0 Å². The van der Waals surface area contributed by atoms with Gasteiger partial charge in [0.1, 0.15) is 11.9 Å². The molecule has 1 aliphatic carbocycles. The number of rotatable bonds is 7. The molecule has 0 aromatic heterocycles. The Morgan fingerprint density at radius 2 is 1.80 bits per heavy atom. The molecule has 1 saturated carbocycles. The Hall–Kier alpha value is -4.31. The average Bonchev–Trinajstić information content (AvgIpc) is 3.03. The van der Waals surface area contributed by atoms with Gasteiger partial charge >= 0.3 is 12.1 Å². The molecule has 3 aromatic carbocycles. The van der Waals surface area contributed by atoms with Gasteiger partial charge in [0, 0.05) is 36.6 Å². The SMILES string of the molecule is C[C@H](CO)N1C[C@H](C)[C@H](CN(C)C(=O)Nc2cccc3ccccc23)Oc2ccc(NC(=O)NC3CCCCC3)cc2C1=O. The van der Waals surface area contributed by atoms with Gasteiger partial charge in [-0.15, -0.1) is 0 Å². The summed E-state index contributed by atoms with van der Waals surface area (Å²) in [7, 11) is 1.72. The summed E-state index contributed by atoms with van der Waals surface area (Å²) in [6.07, 6.45) is 4.88. The van der Waals surface area contributed by atoms with E-state index < -0.39 is 12.1 Å². The van der Waals surface area contributed by atoms with E-state index in [2.05, 4.69) is 16.0 Å². The molecule has 0 bridgehead atoms. The van der Waals surface area contributed by atoms with Crippen molar-refractivity contribution in [3.05, 3.63) is 66.2 Å². The van der Waals surface area contributed by atoms with Gasteiger partial charge in [0.2, 0.25) is 0 Å². The number of hydrogen-bond donors (Lipinski definition) is 4. The first-order chi connectivity index (χ1) is 21.2. The Morgan fingerprint density at radius 3 is 2.57 bits per heavy atom. The number of anilines is 2. The lowest BCUT2D eigenvalue weighted by Crippen LogP contribution is -2.50. The zero-order valence-electron chi connectivity index (χ0n) is 25.7. The molecule has 10 nitrogen and oxygen atoms in total. The molecular formula is C34H43N5O5. The standard InChI is InChI=1S/C34H43N5O5/c1-22-19-39(23(2)21-40)32(41)28-18-26(36-33(42)35-25-12-5-4-6-13-25)16-17-30(28)44-31(22)20-38(3)34(43)37-29-15-9-11-24-10-7-8-14-27(24)29/h7-11,14-18,22-23,25,31,40H,4-6,12-13,19-21H2,1-3H3,(H,37,43)(H2,35,36,42)/t22-,23+,31-/m0/s1. The van der Waals surface area contributed by atoms with Gasteiger partial charge in [-0.2, -0.15) is 0 Å². The smallest absolute Gasteiger partial charge is 0.321 e. The molecule has 44 heavy (non-hydrogen) atoms. The van der Waals surface area contributed by atoms with Gasteiger partial charge in [0.15, 0.2) is 0 Å². The van der Waals surface area contributed by atoms with Crippen LogP contribution in [-0.4, -0.2) is 77.8 Å². The molecule has 3 atom stereocenters. The fourth-order valence-corrected chi connectivity index (χ4v) is 6.02. The van der Waals surface area contributed by atoms with E-state index in [-0.39, 0.29) is 43.1 Å². The van der Waals surface area contributed by atoms with Gasteiger partial charge in [-0.05, 0) is 49.4 Å². The summed E-state index contributed by atoms with van der Waals surface area (Å²) in [5.74, 6) is -0.0824. The molecule has 0 saturated heterocycles. The van der Waals surface area contributed by atoms with Crippen LogP contribution in [0.15, 0.2) is 60.7 Å². The van der Waals surface area contributed by atoms with E-state index >= 15 is 0 Å². The van der Waals surface area contributed by atoms with Gasteiger partial charge < -0.3 is 35.6 Å². The first-order valence-corrected chi connectivity index (χ1v) is 15.5. The van der Waals surface area contributed by atoms with E-state index in [1.54, 1.807) is 42.0 Å². The van der Waals surface area contributed by atoms with E-state index in [9.17, 15) is 19.5 Å². The minimum atomic E-state index is -0.452. The maximum absolute atomic E-state index is 13.8. The van der Waals surface area contributed by atoms with Crippen molar-refractivity contribution >= 4 is 40.1 Å². The van der Waals surface area contributed by atoms with Gasteiger partial charge in [0.05, 0.1) is 30.4 Å². The third-order valence-corrected chi connectivity index (χ3v) is 8.69. The van der Waals surface area contributed by atoms with Crippen molar-refractivity contribution in [1.29, 1.82) is 0 Å². The quantitative estimate of drug-likeness (QED) is 0.278. The van der Waals surface area contributed by atoms with Crippen LogP contribution in [0.3, 0.4) is 0 Å². The highest BCUT2D eigenvalue weighted by atomic mass is 16.5. The number of nitrogens with zero attached hydrogens (tertiary/aromatic N) is 2. The zero-order chi connectivity index (χ0) is 31.2. The molecule has 4 N–H and O–H groups in total. The highest BCUT2D eigenvalue weighted by Crippen LogP contribution is 2.31. The molecule has 5 rings (SSSR count). The van der Waals surface area contributed by atoms with E-state index in [4.69, 9.17) is 4.74 Å². The Morgan fingerprint density at radius 1 is 1.05 bits per heavy atom. The summed E-state index contributed by atoms with van der Waals surface area (Å²) in [5.41, 5.74) is 1.49. The van der Waals surface area contributed by atoms with Crippen LogP contribution in [0.1, 0.15) is 56.3 Å². The number of aliphatic hydroxyl groups excluding tert-OH is 1. The number of hydrogen-bond acceptors (Lipinski definition) is 5. The van der Waals surface area contributed by atoms with Crippen molar-refractivity contribution in [2.24, 2.45) is 5.92 Å². The van der Waals surface area contributed by atoms with Crippen LogP contribution in [0.4, 0.5) is 21.0 Å². The van der Waals surface area contributed by atoms with Crippen LogP contribution in [0.25, 0.3) is 10.8 Å². The Labute approximate surface area is 258 Å². The monoisotopic (exact) mass is 601 g/mol. The predicted molar refractivity (Wildman–Crippen MR) is 172 cm³/mol. The summed E-state index contributed by atoms with van der Waals surface area (Å²) < 4.78 is 6.44. The van der Waals surface area contributed by atoms with Crippen LogP contribution in [0.5, 0.6) is 5.75 Å². The lowest BCUT2D eigenvalue weighted by atomic mass is 9.96. The predicted octanol–water partition coefficient (Wildman–Crippen LogP) is 5.68. The fourth-order valence-electron chi connectivity index (χ4n) is 6.02. The maximum Gasteiger partial charge on any atom is 0.321 e. The molecule has 0 unspecified atom stereocenters. The Bertz CT molecular complexity index is 1480. The maximum atomic E-state index is 13.8. The normalized spacial score (nSPS) is 19.6. The minimum absolute atomic E-state index is 0.149. The van der Waals surface area contributed by atoms with Crippen LogP contribution in [0.2, 0.25) is 0 Å². The Balaban J connectivity index is 1.34. The van der Waals surface area contributed by atoms with E-state index in [0.717, 1.165) is 42.1 Å². The highest BCUT2D eigenvalue weighted by Gasteiger charge is 2.34. The van der Waals surface area contributed by atoms with Crippen LogP contribution in [0, 0.1) is 5.92 Å². The molecule has 1 fully saturated rings. The second kappa shape index (κ2) is 14.0. The number of nitrogens with one attached hydrogen (secondary N) is 3. The summed E-state index contributed by atoms with van der Waals surface area (Å²) in [5, 5.41) is 20.9. The number of likely N-dealkylation sites (N-methyl/N-ethyl adjacent to an activating group) is 1. The molecule has 0 spiro atoms. The van der Waals surface area contributed by atoms with Gasteiger partial charge in [0.25, 0.3) is 5.91 Å². The topological polar surface area (TPSA) is 123 Å². The van der Waals surface area contributed by atoms with E-state index in [1.165, 1.54) is 6.42 Å². The number of benzene rings is 3. The molecule has 1 aliphatic heterocycles. The molecule has 234 valence electrons. The van der Waals surface area contributed by atoms with E-state index in [1.807, 2.05) is 49.4 Å². The number of amides is 5. The Kier molecular flexibility index (Phi) is 9.89. The number of carbonyl (C=O) groups is 3. The van der Waals surface area contributed by atoms with Gasteiger partial charge in [-0.25, -0.2) is 9.59 Å². The first kappa shape index (κ1) is 31.1. The molecule has 0 radical (unpaired) electrons. The first-order valence-electron chi connectivity index (χ1n) is 15.5. The third-order valence-electron chi connectivity index (χ3n) is 8.69. The summed E-state index contributed by atoms with van der Waals surface area (Å²) in [4.78, 5) is 43.0. The molecular weight excluding hydrogens is 558 g/mol. The molecule has 5 amide bonds. The highest BCUT2D eigenvalue weighted by molar-refractivity contribution is 6.02. The third kappa shape index (κ3) is 7.24. The molecule has 3 aromatic rings. The zero-order valence-corrected chi connectivity index (χ0v) is 25.7. The van der Waals surface area contributed by atoms with E-state index in [0.29, 0.717) is 23.5 Å². The summed E-state index contributed by atoms with van der Waals surface area (Å²) in [6.45, 7) is 4.15. The second-order valence-electron chi connectivity index (χ2n) is 12.1. The number of urea groups is 2. The number of fused-ring (bicyclic) bond motifs is 2. The van der Waals surface area contributed by atoms with Crippen molar-refractivity contribution < 1.29 is 24.2 Å². The number of carbonyl (C=O) groups excluding carboxylic acids is 3. The number of aliphatic hydroxyl groups is 1. The second-order valence-corrected chi connectivity index (χ2v) is 12.1. The van der Waals surface area contributed by atoms with Gasteiger partial charge in [-0.3, -0.25) is 4.79 Å². The van der Waals surface area contributed by atoms with Crippen LogP contribution in [-0.2, 0) is 0 Å². The summed E-state index contributed by atoms with van der Waals surface area (Å²) >= 11 is 0. The fraction of sp³-hybridized carbons (Fsp3) is 0.441. The number of ether oxygens (including phenoxy) is 1. The van der Waals surface area contributed by atoms with Crippen LogP contribution >= 0.6 is 0 Å². The van der Waals surface area contributed by atoms with Crippen LogP contribution < -0.4 is 20.7 Å².